The summed E-state index contributed by atoms with van der Waals surface area (Å²) in [5.41, 5.74) is 1.87. The van der Waals surface area contributed by atoms with E-state index in [-0.39, 0.29) is 10.5 Å². The van der Waals surface area contributed by atoms with Gasteiger partial charge in [-0.3, -0.25) is 0 Å². The molecule has 0 aliphatic rings. The first-order valence-corrected chi connectivity index (χ1v) is 4.55. The highest BCUT2D eigenvalue weighted by Gasteiger charge is 2.21. The third-order valence-corrected chi connectivity index (χ3v) is 2.56. The Morgan fingerprint density at radius 3 is 2.09 bits per heavy atom. The average molecular weight is 172 g/mol. The van der Waals surface area contributed by atoms with E-state index in [1.54, 1.807) is 0 Å². The molecule has 0 aliphatic heterocycles. The van der Waals surface area contributed by atoms with Crippen LogP contribution in [0.4, 0.5) is 4.39 Å². The van der Waals surface area contributed by atoms with E-state index in [1.165, 1.54) is 11.3 Å². The fourth-order valence-corrected chi connectivity index (χ4v) is 2.28. The second-order valence-electron chi connectivity index (χ2n) is 3.82. The van der Waals surface area contributed by atoms with Crippen LogP contribution in [0, 0.1) is 12.1 Å². The molecular weight excluding hydrogens is 159 g/mol. The van der Waals surface area contributed by atoms with Gasteiger partial charge in [0, 0.05) is 5.56 Å². The van der Waals surface area contributed by atoms with Crippen LogP contribution in [-0.4, -0.2) is 0 Å². The fourth-order valence-electron chi connectivity index (χ4n) is 1.30. The first-order valence-electron chi connectivity index (χ1n) is 3.67. The second kappa shape index (κ2) is 2.59. The number of thiophene rings is 1. The molecule has 0 spiro atoms. The van der Waals surface area contributed by atoms with Crippen molar-refractivity contribution in [1.82, 2.24) is 0 Å². The van der Waals surface area contributed by atoms with Crippen molar-refractivity contribution in [3.05, 3.63) is 21.6 Å². The Kier molecular flexibility index (Phi) is 2.06. The van der Waals surface area contributed by atoms with E-state index in [1.807, 2.05) is 33.1 Å². The van der Waals surface area contributed by atoms with Crippen molar-refractivity contribution < 1.29 is 4.39 Å². The summed E-state index contributed by atoms with van der Waals surface area (Å²) in [6.07, 6.45) is 0. The largest absolute Gasteiger partial charge is 0.195 e. The van der Waals surface area contributed by atoms with Crippen LogP contribution in [0.1, 0.15) is 31.9 Å². The summed E-state index contributed by atoms with van der Waals surface area (Å²) >= 11 is 1.19. The van der Waals surface area contributed by atoms with Gasteiger partial charge in [0.15, 0.2) is 5.13 Å². The first-order chi connectivity index (χ1) is 4.93. The molecule has 0 bridgehead atoms. The van der Waals surface area contributed by atoms with Crippen LogP contribution in [0.25, 0.3) is 0 Å². The van der Waals surface area contributed by atoms with Gasteiger partial charge in [-0.1, -0.05) is 20.8 Å². The van der Waals surface area contributed by atoms with Crippen molar-refractivity contribution in [2.45, 2.75) is 33.1 Å². The molecule has 0 fully saturated rings. The van der Waals surface area contributed by atoms with E-state index < -0.39 is 0 Å². The Balaban J connectivity index is 3.21. The Labute approximate surface area is 71.1 Å². The number of hydrogen-bond donors (Lipinski definition) is 0. The topological polar surface area (TPSA) is 0 Å². The van der Waals surface area contributed by atoms with Crippen molar-refractivity contribution in [1.29, 1.82) is 0 Å². The molecule has 0 aliphatic carbocycles. The minimum Gasteiger partial charge on any atom is -0.195 e. The third kappa shape index (κ3) is 1.62. The molecule has 0 radical (unpaired) electrons. The zero-order valence-corrected chi connectivity index (χ0v) is 8.18. The Morgan fingerprint density at radius 1 is 1.36 bits per heavy atom. The standard InChI is InChI=1S/C9H13FS/c1-6-5-11-8(10)7(6)9(2,3)4/h5H,1-4H3. The average Bonchev–Trinajstić information content (AvgIpc) is 2.08. The van der Waals surface area contributed by atoms with Gasteiger partial charge < -0.3 is 0 Å². The lowest BCUT2D eigenvalue weighted by molar-refractivity contribution is 0.535. The lowest BCUT2D eigenvalue weighted by Gasteiger charge is -2.18. The summed E-state index contributed by atoms with van der Waals surface area (Å²) in [6.45, 7) is 8.06. The minimum atomic E-state index is -0.0613. The van der Waals surface area contributed by atoms with Gasteiger partial charge in [0.05, 0.1) is 0 Å². The molecule has 1 aromatic rings. The van der Waals surface area contributed by atoms with Crippen molar-refractivity contribution in [2.24, 2.45) is 0 Å². The van der Waals surface area contributed by atoms with Gasteiger partial charge in [-0.25, -0.2) is 0 Å². The molecule has 11 heavy (non-hydrogen) atoms. The van der Waals surface area contributed by atoms with Gasteiger partial charge in [0.1, 0.15) is 0 Å². The number of aryl methyl sites for hydroxylation is 1. The molecule has 1 heterocycles. The molecule has 0 unspecified atom stereocenters. The Bertz CT molecular complexity index is 236. The number of hydrogen-bond acceptors (Lipinski definition) is 1. The highest BCUT2D eigenvalue weighted by Crippen LogP contribution is 2.31. The van der Waals surface area contributed by atoms with E-state index in [0.29, 0.717) is 0 Å². The molecule has 0 atom stereocenters. The number of rotatable bonds is 0. The maximum atomic E-state index is 13.1. The zero-order valence-electron chi connectivity index (χ0n) is 7.36. The lowest BCUT2D eigenvalue weighted by atomic mass is 9.87. The Morgan fingerprint density at radius 2 is 1.91 bits per heavy atom. The summed E-state index contributed by atoms with van der Waals surface area (Å²) in [5.74, 6) is 0. The van der Waals surface area contributed by atoms with Crippen molar-refractivity contribution in [2.75, 3.05) is 0 Å². The minimum absolute atomic E-state index is 0.0324. The van der Waals surface area contributed by atoms with Crippen LogP contribution in [-0.2, 0) is 5.41 Å². The van der Waals surface area contributed by atoms with Crippen LogP contribution in [0.3, 0.4) is 0 Å². The highest BCUT2D eigenvalue weighted by atomic mass is 32.1. The Hall–Kier alpha value is -0.370. The van der Waals surface area contributed by atoms with Crippen molar-refractivity contribution in [3.63, 3.8) is 0 Å². The first kappa shape index (κ1) is 8.72. The maximum Gasteiger partial charge on any atom is 0.180 e. The molecule has 0 saturated heterocycles. The lowest BCUT2D eigenvalue weighted by Crippen LogP contribution is -2.12. The third-order valence-electron chi connectivity index (χ3n) is 1.68. The molecule has 1 rings (SSSR count). The van der Waals surface area contributed by atoms with Crippen LogP contribution in [0.15, 0.2) is 5.38 Å². The van der Waals surface area contributed by atoms with E-state index in [4.69, 9.17) is 0 Å². The van der Waals surface area contributed by atoms with Crippen LogP contribution >= 0.6 is 11.3 Å². The molecule has 0 nitrogen and oxygen atoms in total. The van der Waals surface area contributed by atoms with Crippen molar-refractivity contribution in [3.8, 4) is 0 Å². The summed E-state index contributed by atoms with van der Waals surface area (Å²) in [7, 11) is 0. The van der Waals surface area contributed by atoms with Crippen LogP contribution in [0.2, 0.25) is 0 Å². The van der Waals surface area contributed by atoms with Gasteiger partial charge in [0.2, 0.25) is 0 Å². The molecule has 0 N–H and O–H groups in total. The van der Waals surface area contributed by atoms with Crippen molar-refractivity contribution >= 4 is 11.3 Å². The highest BCUT2D eigenvalue weighted by molar-refractivity contribution is 7.08. The molecule has 0 amide bonds. The van der Waals surface area contributed by atoms with Gasteiger partial charge >= 0.3 is 0 Å². The maximum absolute atomic E-state index is 13.1. The zero-order chi connectivity index (χ0) is 8.65. The smallest absolute Gasteiger partial charge is 0.180 e. The predicted octanol–water partition coefficient (Wildman–Crippen LogP) is 3.49. The summed E-state index contributed by atoms with van der Waals surface area (Å²) in [6, 6.07) is 0. The predicted molar refractivity (Wildman–Crippen MR) is 47.7 cm³/mol. The SMILES string of the molecule is Cc1csc(F)c1C(C)(C)C. The molecule has 2 heteroatoms. The van der Waals surface area contributed by atoms with Gasteiger partial charge in [-0.15, -0.1) is 11.3 Å². The van der Waals surface area contributed by atoms with E-state index in [2.05, 4.69) is 0 Å². The van der Waals surface area contributed by atoms with Gasteiger partial charge in [-0.2, -0.15) is 4.39 Å². The van der Waals surface area contributed by atoms with E-state index >= 15 is 0 Å². The molecular formula is C9H13FS. The van der Waals surface area contributed by atoms with E-state index in [9.17, 15) is 4.39 Å². The normalized spacial score (nSPS) is 12.1. The molecule has 62 valence electrons. The van der Waals surface area contributed by atoms with E-state index in [0.717, 1.165) is 11.1 Å². The summed E-state index contributed by atoms with van der Waals surface area (Å²) in [4.78, 5) is 0. The molecule has 0 aromatic carbocycles. The van der Waals surface area contributed by atoms with Crippen LogP contribution in [0.5, 0.6) is 0 Å². The summed E-state index contributed by atoms with van der Waals surface area (Å²) in [5, 5.41) is 1.84. The molecule has 0 saturated carbocycles. The van der Waals surface area contributed by atoms with Gasteiger partial charge in [-0.05, 0) is 23.3 Å². The van der Waals surface area contributed by atoms with Gasteiger partial charge in [0.25, 0.3) is 0 Å². The second-order valence-corrected chi connectivity index (χ2v) is 4.65. The number of halogens is 1. The quantitative estimate of drug-likeness (QED) is 0.562. The van der Waals surface area contributed by atoms with Crippen LogP contribution < -0.4 is 0 Å². The monoisotopic (exact) mass is 172 g/mol. The fraction of sp³-hybridized carbons (Fsp3) is 0.556. The summed E-state index contributed by atoms with van der Waals surface area (Å²) < 4.78 is 13.1. The molecule has 1 aromatic heterocycles.